The number of phenolic OH excluding ortho intramolecular Hbond substituents is 1. The minimum Gasteiger partial charge on any atom is -0.507 e. The molecule has 0 fully saturated rings. The zero-order valence-corrected chi connectivity index (χ0v) is 9.73. The molecule has 0 radical (unpaired) electrons. The van der Waals surface area contributed by atoms with E-state index in [9.17, 15) is 14.7 Å². The van der Waals surface area contributed by atoms with Gasteiger partial charge in [-0.15, -0.1) is 0 Å². The zero-order chi connectivity index (χ0) is 13.0. The van der Waals surface area contributed by atoms with Gasteiger partial charge in [0.1, 0.15) is 5.75 Å². The van der Waals surface area contributed by atoms with Crippen LogP contribution >= 0.6 is 0 Å². The molecule has 1 aromatic rings. The van der Waals surface area contributed by atoms with Gasteiger partial charge in [0.25, 0.3) is 0 Å². The number of aliphatic hydroxyl groups excluding tert-OH is 1. The van der Waals surface area contributed by atoms with Crippen LogP contribution in [0, 0.1) is 6.92 Å². The smallest absolute Gasteiger partial charge is 0.190 e. The van der Waals surface area contributed by atoms with Gasteiger partial charge in [0.05, 0.1) is 5.56 Å². The number of allylic oxidation sites excluding steroid dienone is 2. The molecule has 0 atom stereocenters. The molecule has 0 aromatic heterocycles. The molecule has 2 N–H and O–H groups in total. The van der Waals surface area contributed by atoms with E-state index in [0.717, 1.165) is 5.56 Å². The molecule has 0 heterocycles. The van der Waals surface area contributed by atoms with Crippen molar-refractivity contribution in [1.82, 2.24) is 0 Å². The fourth-order valence-corrected chi connectivity index (χ4v) is 1.55. The molecule has 1 aliphatic carbocycles. The average Bonchev–Trinajstić information content (AvgIpc) is 2.24. The summed E-state index contributed by atoms with van der Waals surface area (Å²) in [6.45, 7) is 3.69. The van der Waals surface area contributed by atoms with E-state index in [-0.39, 0.29) is 35.0 Å². The Balaban J connectivity index is 0.000000437. The van der Waals surface area contributed by atoms with Crippen LogP contribution in [0.2, 0.25) is 0 Å². The van der Waals surface area contributed by atoms with Gasteiger partial charge in [-0.25, -0.2) is 0 Å². The van der Waals surface area contributed by atoms with Crippen LogP contribution in [0.5, 0.6) is 5.75 Å². The minimum atomic E-state index is -0.322. The third kappa shape index (κ3) is 2.79. The first-order chi connectivity index (χ1) is 8.01. The van der Waals surface area contributed by atoms with E-state index in [1.165, 1.54) is 18.2 Å². The molecular weight excluding hydrogens is 220 g/mol. The number of carbonyl (C=O) groups is 2. The minimum absolute atomic E-state index is 0.114. The van der Waals surface area contributed by atoms with Crippen LogP contribution in [0.4, 0.5) is 0 Å². The fourth-order valence-electron chi connectivity index (χ4n) is 1.55. The summed E-state index contributed by atoms with van der Waals surface area (Å²) in [6.07, 6.45) is 2.41. The molecule has 0 saturated heterocycles. The zero-order valence-electron chi connectivity index (χ0n) is 9.73. The Hall–Kier alpha value is -1.94. The molecule has 0 saturated carbocycles. The number of phenols is 1. The SMILES string of the molecule is CCO.Cc1cc(O)c2c(c1)C(=O)C=CC2=O. The van der Waals surface area contributed by atoms with E-state index in [1.807, 2.05) is 0 Å². The van der Waals surface area contributed by atoms with Crippen molar-refractivity contribution in [2.24, 2.45) is 0 Å². The Morgan fingerprint density at radius 1 is 1.12 bits per heavy atom. The van der Waals surface area contributed by atoms with E-state index in [4.69, 9.17) is 5.11 Å². The molecule has 1 aliphatic rings. The summed E-state index contributed by atoms with van der Waals surface area (Å²) in [5, 5.41) is 17.1. The Morgan fingerprint density at radius 3 is 2.24 bits per heavy atom. The van der Waals surface area contributed by atoms with Crippen LogP contribution in [-0.2, 0) is 0 Å². The first-order valence-electron chi connectivity index (χ1n) is 5.22. The van der Waals surface area contributed by atoms with Crippen molar-refractivity contribution in [3.63, 3.8) is 0 Å². The van der Waals surface area contributed by atoms with Gasteiger partial charge in [0.15, 0.2) is 11.6 Å². The van der Waals surface area contributed by atoms with E-state index in [2.05, 4.69) is 0 Å². The highest BCUT2D eigenvalue weighted by Gasteiger charge is 2.22. The van der Waals surface area contributed by atoms with Crippen molar-refractivity contribution in [3.05, 3.63) is 41.0 Å². The third-order valence-electron chi connectivity index (χ3n) is 2.16. The number of hydrogen-bond donors (Lipinski definition) is 2. The van der Waals surface area contributed by atoms with Crippen LogP contribution < -0.4 is 0 Å². The first kappa shape index (κ1) is 13.1. The van der Waals surface area contributed by atoms with Crippen molar-refractivity contribution in [3.8, 4) is 5.75 Å². The topological polar surface area (TPSA) is 74.6 Å². The van der Waals surface area contributed by atoms with Gasteiger partial charge in [-0.2, -0.15) is 0 Å². The summed E-state index contributed by atoms with van der Waals surface area (Å²) in [6, 6.07) is 3.09. The molecule has 17 heavy (non-hydrogen) atoms. The normalized spacial score (nSPS) is 12.9. The van der Waals surface area contributed by atoms with Gasteiger partial charge >= 0.3 is 0 Å². The highest BCUT2D eigenvalue weighted by atomic mass is 16.3. The quantitative estimate of drug-likeness (QED) is 0.715. The largest absolute Gasteiger partial charge is 0.507 e. The van der Waals surface area contributed by atoms with Crippen LogP contribution in [0.3, 0.4) is 0 Å². The van der Waals surface area contributed by atoms with Gasteiger partial charge in [-0.1, -0.05) is 0 Å². The molecule has 0 spiro atoms. The van der Waals surface area contributed by atoms with Gasteiger partial charge in [-0.05, 0) is 43.7 Å². The number of benzene rings is 1. The lowest BCUT2D eigenvalue weighted by molar-refractivity contribution is 0.0991. The third-order valence-corrected chi connectivity index (χ3v) is 2.16. The number of fused-ring (bicyclic) bond motifs is 1. The van der Waals surface area contributed by atoms with Crippen molar-refractivity contribution in [1.29, 1.82) is 0 Å². The van der Waals surface area contributed by atoms with Crippen molar-refractivity contribution >= 4 is 11.6 Å². The molecule has 2 rings (SSSR count). The predicted octanol–water partition coefficient (Wildman–Crippen LogP) is 1.63. The van der Waals surface area contributed by atoms with Crippen molar-refractivity contribution < 1.29 is 19.8 Å². The second kappa shape index (κ2) is 5.41. The van der Waals surface area contributed by atoms with Crippen LogP contribution in [0.1, 0.15) is 33.2 Å². The second-order valence-electron chi connectivity index (χ2n) is 3.58. The summed E-state index contributed by atoms with van der Waals surface area (Å²) in [4.78, 5) is 22.7. The Morgan fingerprint density at radius 2 is 1.65 bits per heavy atom. The fraction of sp³-hybridized carbons (Fsp3) is 0.231. The predicted molar refractivity (Wildman–Crippen MR) is 63.4 cm³/mol. The number of rotatable bonds is 0. The lowest BCUT2D eigenvalue weighted by Gasteiger charge is -2.11. The Labute approximate surface area is 99.2 Å². The molecule has 1 aromatic carbocycles. The standard InChI is InChI=1S/C11H8O3.C2H6O/c1-6-4-7-8(12)2-3-9(13)11(7)10(14)5-6;1-2-3/h2-5,14H,1H3;3H,2H2,1H3. The Kier molecular flexibility index (Phi) is 4.17. The number of aromatic hydroxyl groups is 1. The van der Waals surface area contributed by atoms with E-state index >= 15 is 0 Å². The second-order valence-corrected chi connectivity index (χ2v) is 3.58. The van der Waals surface area contributed by atoms with Crippen LogP contribution in [0.15, 0.2) is 24.3 Å². The number of ketones is 2. The summed E-state index contributed by atoms with van der Waals surface area (Å²) in [7, 11) is 0. The van der Waals surface area contributed by atoms with Gasteiger partial charge in [0, 0.05) is 12.2 Å². The Bertz CT molecular complexity index is 486. The number of aliphatic hydroxyl groups is 1. The van der Waals surface area contributed by atoms with Crippen molar-refractivity contribution in [2.75, 3.05) is 6.61 Å². The molecule has 0 unspecified atom stereocenters. The molecule has 4 heteroatoms. The highest BCUT2D eigenvalue weighted by molar-refractivity contribution is 6.23. The molecule has 0 aliphatic heterocycles. The molecule has 4 nitrogen and oxygen atoms in total. The lowest BCUT2D eigenvalue weighted by atomic mass is 9.92. The van der Waals surface area contributed by atoms with Gasteiger partial charge in [-0.3, -0.25) is 9.59 Å². The van der Waals surface area contributed by atoms with E-state index < -0.39 is 0 Å². The summed E-state index contributed by atoms with van der Waals surface area (Å²) in [5.41, 5.74) is 1.16. The lowest BCUT2D eigenvalue weighted by Crippen LogP contribution is -2.11. The molecule has 0 amide bonds. The molecule has 0 bridgehead atoms. The summed E-state index contributed by atoms with van der Waals surface area (Å²) in [5.74, 6) is -0.682. The molecule has 90 valence electrons. The van der Waals surface area contributed by atoms with Crippen LogP contribution in [-0.4, -0.2) is 28.4 Å². The number of hydrogen-bond acceptors (Lipinski definition) is 4. The van der Waals surface area contributed by atoms with Crippen LogP contribution in [0.25, 0.3) is 0 Å². The maximum Gasteiger partial charge on any atom is 0.190 e. The van der Waals surface area contributed by atoms with Gasteiger partial charge < -0.3 is 10.2 Å². The van der Waals surface area contributed by atoms with E-state index in [0.29, 0.717) is 0 Å². The molecular formula is C13H14O4. The van der Waals surface area contributed by atoms with Gasteiger partial charge in [0.2, 0.25) is 0 Å². The highest BCUT2D eigenvalue weighted by Crippen LogP contribution is 2.27. The average molecular weight is 234 g/mol. The monoisotopic (exact) mass is 234 g/mol. The summed E-state index contributed by atoms with van der Waals surface area (Å²) < 4.78 is 0. The summed E-state index contributed by atoms with van der Waals surface area (Å²) >= 11 is 0. The maximum atomic E-state index is 11.4. The number of aryl methyl sites for hydroxylation is 1. The first-order valence-corrected chi connectivity index (χ1v) is 5.22. The number of carbonyl (C=O) groups excluding carboxylic acids is 2. The van der Waals surface area contributed by atoms with Crippen molar-refractivity contribution in [2.45, 2.75) is 13.8 Å². The maximum absolute atomic E-state index is 11.4. The van der Waals surface area contributed by atoms with E-state index in [1.54, 1.807) is 19.9 Å².